The minimum absolute atomic E-state index is 0.242. The molecule has 0 aliphatic carbocycles. The Balaban J connectivity index is 2.70. The Morgan fingerprint density at radius 1 is 1.38 bits per heavy atom. The zero-order chi connectivity index (χ0) is 11.8. The molecular weight excluding hydrogens is 222 g/mol. The minimum Gasteiger partial charge on any atom is -0.383 e. The Bertz CT molecular complexity index is 291. The van der Waals surface area contributed by atoms with Gasteiger partial charge in [0.05, 0.1) is 23.2 Å². The van der Waals surface area contributed by atoms with E-state index in [4.69, 9.17) is 4.74 Å². The highest BCUT2D eigenvalue weighted by Gasteiger charge is 2.17. The molecule has 0 aromatic carbocycles. The van der Waals surface area contributed by atoms with Crippen LogP contribution in [0.5, 0.6) is 0 Å². The zero-order valence-electron chi connectivity index (χ0n) is 10.3. The molecular formula is C11H21N3OS. The molecule has 16 heavy (non-hydrogen) atoms. The summed E-state index contributed by atoms with van der Waals surface area (Å²) < 4.78 is 9.29. The summed E-state index contributed by atoms with van der Waals surface area (Å²) in [6.07, 6.45) is 3.22. The van der Waals surface area contributed by atoms with Gasteiger partial charge in [-0.3, -0.25) is 0 Å². The highest BCUT2D eigenvalue weighted by molar-refractivity contribution is 7.05. The number of rotatable bonds is 8. The first-order valence-corrected chi connectivity index (χ1v) is 6.64. The third-order valence-electron chi connectivity index (χ3n) is 2.36. The fourth-order valence-corrected chi connectivity index (χ4v) is 2.36. The topological polar surface area (TPSA) is 47.0 Å². The van der Waals surface area contributed by atoms with Crippen molar-refractivity contribution in [1.29, 1.82) is 0 Å². The summed E-state index contributed by atoms with van der Waals surface area (Å²) in [5.74, 6) is 0. The van der Waals surface area contributed by atoms with Crippen LogP contribution in [0.4, 0.5) is 0 Å². The number of hydrogen-bond acceptors (Lipinski definition) is 5. The number of nitrogens with one attached hydrogen (secondary N) is 1. The van der Waals surface area contributed by atoms with Gasteiger partial charge in [-0.25, -0.2) is 0 Å². The van der Waals surface area contributed by atoms with Crippen molar-refractivity contribution in [2.45, 2.75) is 39.2 Å². The summed E-state index contributed by atoms with van der Waals surface area (Å²) >= 11 is 1.48. The van der Waals surface area contributed by atoms with Gasteiger partial charge in [-0.05, 0) is 30.9 Å². The van der Waals surface area contributed by atoms with E-state index in [1.54, 1.807) is 7.11 Å². The van der Waals surface area contributed by atoms with Crippen LogP contribution in [0.25, 0.3) is 0 Å². The lowest BCUT2D eigenvalue weighted by Gasteiger charge is -2.16. The summed E-state index contributed by atoms with van der Waals surface area (Å²) in [7, 11) is 1.73. The molecule has 0 fully saturated rings. The molecule has 0 radical (unpaired) electrons. The molecule has 4 nitrogen and oxygen atoms in total. The van der Waals surface area contributed by atoms with Crippen LogP contribution in [-0.2, 0) is 11.2 Å². The van der Waals surface area contributed by atoms with Gasteiger partial charge in [0.1, 0.15) is 0 Å². The molecule has 0 spiro atoms. The second kappa shape index (κ2) is 7.70. The first-order chi connectivity index (χ1) is 7.83. The van der Waals surface area contributed by atoms with Crippen molar-refractivity contribution in [2.24, 2.45) is 0 Å². The predicted molar refractivity (Wildman–Crippen MR) is 66.8 cm³/mol. The smallest absolute Gasteiger partial charge is 0.0804 e. The zero-order valence-corrected chi connectivity index (χ0v) is 11.1. The first kappa shape index (κ1) is 13.5. The molecule has 0 saturated heterocycles. The second-order valence-corrected chi connectivity index (χ2v) is 4.58. The van der Waals surface area contributed by atoms with Gasteiger partial charge in [0.15, 0.2) is 0 Å². The van der Waals surface area contributed by atoms with Crippen LogP contribution in [0, 0.1) is 0 Å². The number of hydrogen-bond donors (Lipinski definition) is 1. The van der Waals surface area contributed by atoms with E-state index in [9.17, 15) is 0 Å². The van der Waals surface area contributed by atoms with Crippen LogP contribution in [0.1, 0.15) is 43.3 Å². The fourth-order valence-electron chi connectivity index (χ4n) is 1.60. The Labute approximate surface area is 102 Å². The Kier molecular flexibility index (Phi) is 6.52. The molecule has 1 aromatic heterocycles. The molecule has 1 N–H and O–H groups in total. The van der Waals surface area contributed by atoms with Gasteiger partial charge in [-0.1, -0.05) is 24.8 Å². The third kappa shape index (κ3) is 3.81. The van der Waals surface area contributed by atoms with Crippen molar-refractivity contribution in [3.8, 4) is 0 Å². The van der Waals surface area contributed by atoms with Crippen molar-refractivity contribution >= 4 is 11.5 Å². The lowest BCUT2D eigenvalue weighted by molar-refractivity contribution is 0.168. The van der Waals surface area contributed by atoms with E-state index in [2.05, 4.69) is 28.8 Å². The van der Waals surface area contributed by atoms with Crippen molar-refractivity contribution in [1.82, 2.24) is 14.9 Å². The van der Waals surface area contributed by atoms with Crippen molar-refractivity contribution in [2.75, 3.05) is 20.3 Å². The van der Waals surface area contributed by atoms with E-state index >= 15 is 0 Å². The molecule has 1 heterocycles. The lowest BCUT2D eigenvalue weighted by Crippen LogP contribution is -2.26. The summed E-state index contributed by atoms with van der Waals surface area (Å²) in [6.45, 7) is 6.00. The Hall–Kier alpha value is -0.520. The van der Waals surface area contributed by atoms with E-state index in [1.165, 1.54) is 16.4 Å². The lowest BCUT2D eigenvalue weighted by atomic mass is 10.1. The van der Waals surface area contributed by atoms with Gasteiger partial charge in [-0.2, -0.15) is 0 Å². The highest BCUT2D eigenvalue weighted by atomic mass is 32.1. The number of aromatic nitrogens is 2. The second-order valence-electron chi connectivity index (χ2n) is 3.80. The quantitative estimate of drug-likeness (QED) is 0.760. The molecule has 1 atom stereocenters. The van der Waals surface area contributed by atoms with E-state index in [0.717, 1.165) is 31.5 Å². The maximum Gasteiger partial charge on any atom is 0.0804 e. The molecule has 0 aliphatic rings. The molecule has 0 saturated carbocycles. The van der Waals surface area contributed by atoms with Crippen LogP contribution >= 0.6 is 11.5 Å². The molecule has 5 heteroatoms. The van der Waals surface area contributed by atoms with Crippen molar-refractivity contribution in [3.63, 3.8) is 0 Å². The maximum atomic E-state index is 5.25. The molecule has 1 unspecified atom stereocenters. The van der Waals surface area contributed by atoms with Crippen molar-refractivity contribution in [3.05, 3.63) is 10.6 Å². The van der Waals surface area contributed by atoms with Gasteiger partial charge in [0.2, 0.25) is 0 Å². The average Bonchev–Trinajstić information content (AvgIpc) is 2.73. The van der Waals surface area contributed by atoms with Gasteiger partial charge in [-0.15, -0.1) is 5.10 Å². The van der Waals surface area contributed by atoms with Gasteiger partial charge >= 0.3 is 0 Å². The average molecular weight is 243 g/mol. The summed E-state index contributed by atoms with van der Waals surface area (Å²) in [4.78, 5) is 1.23. The monoisotopic (exact) mass is 243 g/mol. The van der Waals surface area contributed by atoms with Gasteiger partial charge in [0.25, 0.3) is 0 Å². The Morgan fingerprint density at radius 3 is 2.81 bits per heavy atom. The highest BCUT2D eigenvalue weighted by Crippen LogP contribution is 2.21. The molecule has 0 aliphatic heterocycles. The van der Waals surface area contributed by atoms with Crippen LogP contribution in [0.15, 0.2) is 0 Å². The SMILES string of the molecule is CCCNC(COC)c1snnc1CCC. The maximum absolute atomic E-state index is 5.25. The van der Waals surface area contributed by atoms with E-state index in [-0.39, 0.29) is 6.04 Å². The van der Waals surface area contributed by atoms with Crippen LogP contribution < -0.4 is 5.32 Å². The summed E-state index contributed by atoms with van der Waals surface area (Å²) in [5, 5.41) is 7.67. The minimum atomic E-state index is 0.242. The summed E-state index contributed by atoms with van der Waals surface area (Å²) in [6, 6.07) is 0.242. The van der Waals surface area contributed by atoms with E-state index < -0.39 is 0 Å². The molecule has 1 rings (SSSR count). The fraction of sp³-hybridized carbons (Fsp3) is 0.818. The standard InChI is InChI=1S/C11H21N3OS/c1-4-6-9-11(16-14-13-9)10(8-15-3)12-7-5-2/h10,12H,4-8H2,1-3H3. The van der Waals surface area contributed by atoms with E-state index in [0.29, 0.717) is 6.61 Å². The number of methoxy groups -OCH3 is 1. The summed E-state index contributed by atoms with van der Waals surface area (Å²) in [5.41, 5.74) is 1.12. The first-order valence-electron chi connectivity index (χ1n) is 5.86. The number of aryl methyl sites for hydroxylation is 1. The normalized spacial score (nSPS) is 12.9. The van der Waals surface area contributed by atoms with Gasteiger partial charge in [0, 0.05) is 7.11 Å². The molecule has 1 aromatic rings. The van der Waals surface area contributed by atoms with Gasteiger partial charge < -0.3 is 10.1 Å². The van der Waals surface area contributed by atoms with E-state index in [1.807, 2.05) is 0 Å². The van der Waals surface area contributed by atoms with Crippen LogP contribution in [-0.4, -0.2) is 29.8 Å². The molecule has 92 valence electrons. The molecule has 0 bridgehead atoms. The van der Waals surface area contributed by atoms with Crippen LogP contribution in [0.3, 0.4) is 0 Å². The third-order valence-corrected chi connectivity index (χ3v) is 3.24. The molecule has 0 amide bonds. The number of ether oxygens (including phenoxy) is 1. The predicted octanol–water partition coefficient (Wildman–Crippen LogP) is 2.18. The van der Waals surface area contributed by atoms with Crippen LogP contribution in [0.2, 0.25) is 0 Å². The Morgan fingerprint density at radius 2 is 2.19 bits per heavy atom. The number of nitrogens with zero attached hydrogens (tertiary/aromatic N) is 2. The largest absolute Gasteiger partial charge is 0.383 e. The van der Waals surface area contributed by atoms with Crippen molar-refractivity contribution < 1.29 is 4.74 Å².